The average molecular weight is 236 g/mol. The molecule has 0 amide bonds. The van der Waals surface area contributed by atoms with Crippen LogP contribution in [0.4, 0.5) is 0 Å². The normalized spacial score (nSPS) is 15.8. The summed E-state index contributed by atoms with van der Waals surface area (Å²) in [5.41, 5.74) is 2.03. The maximum atomic E-state index is 11.6. The molecule has 1 fully saturated rings. The molecule has 0 saturated heterocycles. The molecule has 0 spiro atoms. The van der Waals surface area contributed by atoms with Crippen molar-refractivity contribution >= 4 is 23.3 Å². The van der Waals surface area contributed by atoms with E-state index in [4.69, 9.17) is 11.6 Å². The van der Waals surface area contributed by atoms with Gasteiger partial charge in [-0.15, -0.1) is 0 Å². The van der Waals surface area contributed by atoms with Gasteiger partial charge in [0, 0.05) is 5.69 Å². The molecule has 1 aliphatic carbocycles. The van der Waals surface area contributed by atoms with Gasteiger partial charge in [0.05, 0.1) is 10.6 Å². The van der Waals surface area contributed by atoms with Gasteiger partial charge in [-0.25, -0.2) is 0 Å². The van der Waals surface area contributed by atoms with Crippen LogP contribution in [0.15, 0.2) is 16.9 Å². The standard InChI is InChI=1S/C11H10ClN3O/c12-9-4-3-7(13-9)5-8-10(6-1-2-6)14-15-11(8)16/h3-5,13-14H,1-2H2,(H,15,16). The Morgan fingerprint density at radius 2 is 2.06 bits per heavy atom. The Balaban J connectivity index is 2.27. The smallest absolute Gasteiger partial charge is 0.271 e. The molecule has 4 nitrogen and oxygen atoms in total. The van der Waals surface area contributed by atoms with Gasteiger partial charge >= 0.3 is 0 Å². The number of halogens is 1. The fourth-order valence-corrected chi connectivity index (χ4v) is 1.89. The summed E-state index contributed by atoms with van der Waals surface area (Å²) in [6, 6.07) is 3.61. The van der Waals surface area contributed by atoms with E-state index in [0.29, 0.717) is 10.4 Å². The van der Waals surface area contributed by atoms with Gasteiger partial charge in [-0.05, 0) is 36.6 Å². The van der Waals surface area contributed by atoms with Gasteiger partial charge in [0.2, 0.25) is 0 Å². The predicted molar refractivity (Wildman–Crippen MR) is 62.7 cm³/mol. The second-order valence-electron chi connectivity index (χ2n) is 3.88. The van der Waals surface area contributed by atoms with Crippen molar-refractivity contribution in [3.63, 3.8) is 0 Å². The lowest BCUT2D eigenvalue weighted by atomic mass is 10.3. The van der Waals surface area contributed by atoms with E-state index in [9.17, 15) is 4.79 Å². The van der Waals surface area contributed by atoms with E-state index in [2.05, 4.69) is 15.2 Å². The van der Waals surface area contributed by atoms with Crippen LogP contribution in [0.3, 0.4) is 0 Å². The SMILES string of the molecule is O=c1[nH][nH]c(=C2CC2)c1=Cc1ccc(Cl)[nH]1. The zero-order chi connectivity index (χ0) is 11.1. The molecule has 0 aliphatic heterocycles. The van der Waals surface area contributed by atoms with Crippen LogP contribution in [0.1, 0.15) is 18.5 Å². The molecule has 82 valence electrons. The molecule has 0 bridgehead atoms. The average Bonchev–Trinajstić information content (AvgIpc) is 2.93. The predicted octanol–water partition coefficient (Wildman–Crippen LogP) is 0.458. The van der Waals surface area contributed by atoms with Crippen LogP contribution in [-0.4, -0.2) is 15.2 Å². The number of rotatable bonds is 1. The van der Waals surface area contributed by atoms with Crippen molar-refractivity contribution in [3.05, 3.63) is 43.9 Å². The van der Waals surface area contributed by atoms with E-state index in [0.717, 1.165) is 23.9 Å². The highest BCUT2D eigenvalue weighted by molar-refractivity contribution is 6.29. The molecule has 16 heavy (non-hydrogen) atoms. The maximum absolute atomic E-state index is 11.6. The van der Waals surface area contributed by atoms with Crippen molar-refractivity contribution in [1.82, 2.24) is 15.2 Å². The Hall–Kier alpha value is -1.68. The van der Waals surface area contributed by atoms with Crippen molar-refractivity contribution in [1.29, 1.82) is 0 Å². The number of nitrogens with one attached hydrogen (secondary N) is 3. The summed E-state index contributed by atoms with van der Waals surface area (Å²) in [6.07, 6.45) is 3.95. The lowest BCUT2D eigenvalue weighted by molar-refractivity contribution is 1.03. The molecule has 2 aromatic rings. The lowest BCUT2D eigenvalue weighted by Gasteiger charge is -1.83. The molecule has 3 N–H and O–H groups in total. The van der Waals surface area contributed by atoms with Crippen molar-refractivity contribution in [2.75, 3.05) is 0 Å². The zero-order valence-corrected chi connectivity index (χ0v) is 9.19. The molecule has 0 radical (unpaired) electrons. The fourth-order valence-electron chi connectivity index (χ4n) is 1.72. The number of hydrogen-bond acceptors (Lipinski definition) is 1. The number of aromatic nitrogens is 3. The maximum Gasteiger partial charge on any atom is 0.271 e. The zero-order valence-electron chi connectivity index (χ0n) is 8.43. The van der Waals surface area contributed by atoms with Gasteiger partial charge < -0.3 is 4.98 Å². The summed E-state index contributed by atoms with van der Waals surface area (Å²) in [5.74, 6) is 0. The van der Waals surface area contributed by atoms with Gasteiger partial charge in [0.25, 0.3) is 5.56 Å². The van der Waals surface area contributed by atoms with Crippen LogP contribution in [-0.2, 0) is 0 Å². The molecular formula is C11H10ClN3O. The molecular weight excluding hydrogens is 226 g/mol. The molecule has 0 aromatic carbocycles. The lowest BCUT2D eigenvalue weighted by Crippen LogP contribution is -2.33. The van der Waals surface area contributed by atoms with Crippen molar-refractivity contribution in [2.24, 2.45) is 0 Å². The Labute approximate surface area is 95.6 Å². The molecule has 5 heteroatoms. The van der Waals surface area contributed by atoms with Gasteiger partial charge in [0.15, 0.2) is 0 Å². The third-order valence-corrected chi connectivity index (χ3v) is 2.86. The highest BCUT2D eigenvalue weighted by atomic mass is 35.5. The van der Waals surface area contributed by atoms with Crippen LogP contribution < -0.4 is 16.1 Å². The van der Waals surface area contributed by atoms with E-state index in [1.54, 1.807) is 6.07 Å². The van der Waals surface area contributed by atoms with Gasteiger partial charge in [-0.3, -0.25) is 15.0 Å². The van der Waals surface area contributed by atoms with Crippen molar-refractivity contribution in [2.45, 2.75) is 12.8 Å². The highest BCUT2D eigenvalue weighted by Gasteiger charge is 2.14. The first-order chi connectivity index (χ1) is 7.74. The van der Waals surface area contributed by atoms with Gasteiger partial charge in [-0.1, -0.05) is 11.6 Å². The Morgan fingerprint density at radius 1 is 1.25 bits per heavy atom. The minimum atomic E-state index is -0.0971. The van der Waals surface area contributed by atoms with Crippen molar-refractivity contribution < 1.29 is 0 Å². The van der Waals surface area contributed by atoms with Crippen LogP contribution in [0.2, 0.25) is 5.15 Å². The van der Waals surface area contributed by atoms with Crippen LogP contribution in [0.25, 0.3) is 11.6 Å². The first-order valence-corrected chi connectivity index (χ1v) is 5.47. The summed E-state index contributed by atoms with van der Waals surface area (Å²) in [7, 11) is 0. The summed E-state index contributed by atoms with van der Waals surface area (Å²) in [6.45, 7) is 0. The molecule has 1 saturated carbocycles. The van der Waals surface area contributed by atoms with E-state index in [1.807, 2.05) is 12.1 Å². The largest absolute Gasteiger partial charge is 0.346 e. The van der Waals surface area contributed by atoms with Crippen LogP contribution in [0.5, 0.6) is 0 Å². The topological polar surface area (TPSA) is 64.4 Å². The number of hydrogen-bond donors (Lipinski definition) is 3. The molecule has 3 rings (SSSR count). The van der Waals surface area contributed by atoms with Crippen LogP contribution >= 0.6 is 11.6 Å². The molecule has 0 unspecified atom stereocenters. The minimum Gasteiger partial charge on any atom is -0.346 e. The number of aromatic amines is 3. The first kappa shape index (κ1) is 9.54. The third-order valence-electron chi connectivity index (χ3n) is 2.64. The number of H-pyrrole nitrogens is 3. The molecule has 2 aromatic heterocycles. The molecule has 1 aliphatic rings. The Morgan fingerprint density at radius 3 is 2.69 bits per heavy atom. The Kier molecular flexibility index (Phi) is 2.04. The first-order valence-electron chi connectivity index (χ1n) is 5.09. The van der Waals surface area contributed by atoms with Gasteiger partial charge in [-0.2, -0.15) is 0 Å². The Bertz CT molecular complexity index is 698. The fraction of sp³-hybridized carbons (Fsp3) is 0.182. The van der Waals surface area contributed by atoms with Crippen molar-refractivity contribution in [3.8, 4) is 0 Å². The van der Waals surface area contributed by atoms with Crippen LogP contribution in [0, 0.1) is 0 Å². The quantitative estimate of drug-likeness (QED) is 0.661. The summed E-state index contributed by atoms with van der Waals surface area (Å²) >= 11 is 5.78. The second-order valence-corrected chi connectivity index (χ2v) is 4.28. The molecule has 0 atom stereocenters. The summed E-state index contributed by atoms with van der Waals surface area (Å²) < 4.78 is 0. The summed E-state index contributed by atoms with van der Waals surface area (Å²) in [4.78, 5) is 14.6. The minimum absolute atomic E-state index is 0.0971. The third kappa shape index (κ3) is 1.61. The molecule has 2 heterocycles. The second kappa shape index (κ2) is 3.42. The van der Waals surface area contributed by atoms with E-state index < -0.39 is 0 Å². The highest BCUT2D eigenvalue weighted by Crippen LogP contribution is 2.26. The van der Waals surface area contributed by atoms with E-state index in [-0.39, 0.29) is 5.56 Å². The van der Waals surface area contributed by atoms with Gasteiger partial charge in [0.1, 0.15) is 5.15 Å². The van der Waals surface area contributed by atoms with E-state index >= 15 is 0 Å². The van der Waals surface area contributed by atoms with E-state index in [1.165, 1.54) is 5.57 Å². The summed E-state index contributed by atoms with van der Waals surface area (Å²) in [5, 5.41) is 7.68. The monoisotopic (exact) mass is 235 g/mol.